The molecular formula is C32H35N3O8S. The van der Waals surface area contributed by atoms with Crippen LogP contribution in [-0.4, -0.2) is 63.4 Å². The van der Waals surface area contributed by atoms with Gasteiger partial charge in [-0.1, -0.05) is 51.6 Å². The van der Waals surface area contributed by atoms with E-state index >= 15 is 0 Å². The Bertz CT molecular complexity index is 1810. The molecule has 4 aromatic rings. The van der Waals surface area contributed by atoms with E-state index in [-0.39, 0.29) is 52.5 Å². The summed E-state index contributed by atoms with van der Waals surface area (Å²) in [6.45, 7) is 8.76. The van der Waals surface area contributed by atoms with Crippen LogP contribution < -0.4 is 0 Å². The lowest BCUT2D eigenvalue weighted by atomic mass is 9.84. The van der Waals surface area contributed by atoms with Gasteiger partial charge in [0, 0.05) is 17.6 Å². The van der Waals surface area contributed by atoms with E-state index in [1.807, 2.05) is 20.8 Å². The maximum atomic E-state index is 13.1. The van der Waals surface area contributed by atoms with E-state index < -0.39 is 39.9 Å². The quantitative estimate of drug-likeness (QED) is 0.151. The van der Waals surface area contributed by atoms with Crippen molar-refractivity contribution in [1.29, 1.82) is 0 Å². The van der Waals surface area contributed by atoms with Gasteiger partial charge in [0.15, 0.2) is 0 Å². The van der Waals surface area contributed by atoms with Crippen LogP contribution in [0.1, 0.15) is 51.2 Å². The summed E-state index contributed by atoms with van der Waals surface area (Å²) in [6.07, 6.45) is -0.489. The van der Waals surface area contributed by atoms with Crippen LogP contribution in [-0.2, 0) is 36.0 Å². The van der Waals surface area contributed by atoms with Crippen molar-refractivity contribution in [3.05, 3.63) is 83.9 Å². The number of hydrogen-bond donors (Lipinski definition) is 3. The van der Waals surface area contributed by atoms with Gasteiger partial charge in [0.2, 0.25) is 9.84 Å². The van der Waals surface area contributed by atoms with Crippen molar-refractivity contribution >= 4 is 32.8 Å². The number of carbonyl (C=O) groups is 2. The molecule has 0 radical (unpaired) electrons. The van der Waals surface area contributed by atoms with Gasteiger partial charge in [-0.15, -0.1) is 15.0 Å². The lowest BCUT2D eigenvalue weighted by molar-refractivity contribution is -0.151. The van der Waals surface area contributed by atoms with E-state index in [2.05, 4.69) is 16.8 Å². The fourth-order valence-corrected chi connectivity index (χ4v) is 5.87. The zero-order valence-electron chi connectivity index (χ0n) is 24.7. The number of fused-ring (bicyclic) bond motifs is 1. The second-order valence-electron chi connectivity index (χ2n) is 11.5. The number of ether oxygens (including phenoxy) is 1. The zero-order valence-corrected chi connectivity index (χ0v) is 25.5. The first-order valence-electron chi connectivity index (χ1n) is 14.0. The number of phenols is 1. The molecule has 12 heteroatoms. The Hall–Kier alpha value is -4.55. The molecule has 4 rings (SSSR count). The number of aliphatic hydroxyl groups excluding tert-OH is 1. The number of carboxylic acids is 1. The summed E-state index contributed by atoms with van der Waals surface area (Å²) in [6, 6.07) is 16.0. The van der Waals surface area contributed by atoms with Crippen molar-refractivity contribution in [2.24, 2.45) is 0 Å². The first-order valence-corrected chi connectivity index (χ1v) is 15.4. The summed E-state index contributed by atoms with van der Waals surface area (Å²) in [5.41, 5.74) is 1.73. The van der Waals surface area contributed by atoms with Crippen LogP contribution in [0.5, 0.6) is 5.75 Å². The fraction of sp³-hybridized carbons (Fsp3) is 0.312. The molecule has 0 fully saturated rings. The number of esters is 1. The van der Waals surface area contributed by atoms with Gasteiger partial charge >= 0.3 is 11.9 Å². The highest BCUT2D eigenvalue weighted by atomic mass is 32.2. The smallest absolute Gasteiger partial charge is 0.330 e. The standard InChI is InChI=1S/C32H35N3O8S/c1-20(31(39)40)10-12-22(19-36)43-29(37)15-11-21-16-25(32(2,3)4)30(38)28(17-21)35-33-26-14-13-24(18-27(26)34-35)44(41,42)23-8-6-5-7-9-23/h5-9,13-14,16-18,22,36,38H,1,10-12,15,19H2,2-4H3,(H,39,40). The van der Waals surface area contributed by atoms with Crippen molar-refractivity contribution in [3.63, 3.8) is 0 Å². The number of hydrogen-bond acceptors (Lipinski definition) is 9. The highest BCUT2D eigenvalue weighted by Gasteiger charge is 2.25. The molecule has 1 unspecified atom stereocenters. The Morgan fingerprint density at radius 3 is 2.30 bits per heavy atom. The van der Waals surface area contributed by atoms with E-state index in [9.17, 15) is 28.2 Å². The highest BCUT2D eigenvalue weighted by Crippen LogP contribution is 2.37. The minimum Gasteiger partial charge on any atom is -0.505 e. The molecule has 3 N–H and O–H groups in total. The number of nitrogens with zero attached hydrogens (tertiary/aromatic N) is 3. The van der Waals surface area contributed by atoms with Gasteiger partial charge in [-0.05, 0) is 66.6 Å². The summed E-state index contributed by atoms with van der Waals surface area (Å²) in [5, 5.41) is 38.8. The summed E-state index contributed by atoms with van der Waals surface area (Å²) < 4.78 is 31.6. The number of aryl methyl sites for hydroxylation is 1. The maximum absolute atomic E-state index is 13.1. The van der Waals surface area contributed by atoms with Crippen LogP contribution in [0.4, 0.5) is 0 Å². The number of benzene rings is 3. The lowest BCUT2D eigenvalue weighted by Gasteiger charge is -2.23. The molecule has 0 aliphatic rings. The largest absolute Gasteiger partial charge is 0.505 e. The Morgan fingerprint density at radius 2 is 1.66 bits per heavy atom. The van der Waals surface area contributed by atoms with Gasteiger partial charge in [-0.25, -0.2) is 13.2 Å². The average Bonchev–Trinajstić information content (AvgIpc) is 3.41. The monoisotopic (exact) mass is 621 g/mol. The van der Waals surface area contributed by atoms with E-state index in [0.717, 1.165) is 0 Å². The minimum atomic E-state index is -3.78. The van der Waals surface area contributed by atoms with Crippen LogP contribution >= 0.6 is 0 Å². The van der Waals surface area contributed by atoms with Gasteiger partial charge < -0.3 is 20.1 Å². The van der Waals surface area contributed by atoms with Crippen LogP contribution in [0.25, 0.3) is 16.7 Å². The van der Waals surface area contributed by atoms with Crippen molar-refractivity contribution < 1.29 is 38.1 Å². The van der Waals surface area contributed by atoms with Gasteiger partial charge in [0.25, 0.3) is 0 Å². The number of rotatable bonds is 12. The molecule has 0 aliphatic heterocycles. The molecule has 0 spiro atoms. The second kappa shape index (κ2) is 13.0. The average molecular weight is 622 g/mol. The minimum absolute atomic E-state index is 0.0419. The number of aromatic hydroxyl groups is 1. The summed E-state index contributed by atoms with van der Waals surface area (Å²) in [5.74, 6) is -1.78. The van der Waals surface area contributed by atoms with Crippen LogP contribution in [0, 0.1) is 0 Å². The highest BCUT2D eigenvalue weighted by molar-refractivity contribution is 7.91. The Morgan fingerprint density at radius 1 is 0.977 bits per heavy atom. The first kappa shape index (κ1) is 32.4. The third kappa shape index (κ3) is 7.32. The third-order valence-electron chi connectivity index (χ3n) is 7.08. The maximum Gasteiger partial charge on any atom is 0.330 e. The molecule has 232 valence electrons. The second-order valence-corrected chi connectivity index (χ2v) is 13.4. The number of sulfone groups is 1. The van der Waals surface area contributed by atoms with Gasteiger partial charge in [-0.3, -0.25) is 4.79 Å². The summed E-state index contributed by atoms with van der Waals surface area (Å²) >= 11 is 0. The van der Waals surface area contributed by atoms with Crippen molar-refractivity contribution in [3.8, 4) is 11.4 Å². The summed E-state index contributed by atoms with van der Waals surface area (Å²) in [7, 11) is -3.78. The normalized spacial score (nSPS) is 12.6. The number of aromatic nitrogens is 3. The molecule has 44 heavy (non-hydrogen) atoms. The predicted molar refractivity (Wildman–Crippen MR) is 162 cm³/mol. The van der Waals surface area contributed by atoms with E-state index in [0.29, 0.717) is 22.2 Å². The Balaban J connectivity index is 1.60. The molecule has 1 aromatic heterocycles. The lowest BCUT2D eigenvalue weighted by Crippen LogP contribution is -2.23. The molecular weight excluding hydrogens is 586 g/mol. The Labute approximate surface area is 255 Å². The number of phenolic OH excluding ortho intramolecular Hbond substituents is 1. The molecule has 1 heterocycles. The van der Waals surface area contributed by atoms with Crippen LogP contribution in [0.3, 0.4) is 0 Å². The predicted octanol–water partition coefficient (Wildman–Crippen LogP) is 4.51. The third-order valence-corrected chi connectivity index (χ3v) is 8.85. The molecule has 11 nitrogen and oxygen atoms in total. The number of aliphatic hydroxyl groups is 1. The number of aliphatic carboxylic acids is 1. The first-order chi connectivity index (χ1) is 20.7. The van der Waals surface area contributed by atoms with Gasteiger partial charge in [0.05, 0.1) is 16.4 Å². The topological polar surface area (TPSA) is 169 Å². The Kier molecular flexibility index (Phi) is 9.55. The van der Waals surface area contributed by atoms with Gasteiger partial charge in [-0.2, -0.15) is 0 Å². The molecule has 0 aliphatic carbocycles. The summed E-state index contributed by atoms with van der Waals surface area (Å²) in [4.78, 5) is 25.0. The van der Waals surface area contributed by atoms with E-state index in [4.69, 9.17) is 9.84 Å². The molecule has 0 saturated carbocycles. The van der Waals surface area contributed by atoms with Gasteiger partial charge in [0.1, 0.15) is 28.6 Å². The fourth-order valence-electron chi connectivity index (χ4n) is 4.57. The molecule has 0 amide bonds. The molecule has 0 bridgehead atoms. The molecule has 0 saturated heterocycles. The van der Waals surface area contributed by atoms with Crippen LogP contribution in [0.15, 0.2) is 82.6 Å². The van der Waals surface area contributed by atoms with Crippen molar-refractivity contribution in [1.82, 2.24) is 15.0 Å². The van der Waals surface area contributed by atoms with E-state index in [1.54, 1.807) is 36.4 Å². The molecule has 1 atom stereocenters. The van der Waals surface area contributed by atoms with E-state index in [1.165, 1.54) is 29.1 Å². The molecule has 3 aromatic carbocycles. The van der Waals surface area contributed by atoms with Crippen molar-refractivity contribution in [2.45, 2.75) is 67.8 Å². The SMILES string of the molecule is C=C(CCC(CO)OC(=O)CCc1cc(-n2nc3ccc(S(=O)(=O)c4ccccc4)cc3n2)c(O)c(C(C)(C)C)c1)C(=O)O. The van der Waals surface area contributed by atoms with Crippen LogP contribution in [0.2, 0.25) is 0 Å². The number of carboxylic acid groups (broad SMARTS) is 1. The van der Waals surface area contributed by atoms with Crippen molar-refractivity contribution in [2.75, 3.05) is 6.61 Å². The number of carbonyl (C=O) groups excluding carboxylic acids is 1. The zero-order chi connectivity index (χ0) is 32.2.